The molecule has 3 saturated heterocycles. The highest BCUT2D eigenvalue weighted by Crippen LogP contribution is 2.42. The Labute approximate surface area is 354 Å². The SMILES string of the molecule is COc1ccc(C(OC[C@H]2O[C@@H](n3ccc(NCCCCCCNC(=O)CCCC[C@@H]4SC[C@@H]5NC(=O)N[C@@H]54)nc3=O)[C@H](O)[C@@H]2O)(c2ccccc2)c2ccccc2)cc1. The third-order valence-corrected chi connectivity index (χ3v) is 13.1. The molecule has 3 fully saturated rings. The first kappa shape index (κ1) is 43.2. The molecule has 15 heteroatoms. The fourth-order valence-corrected chi connectivity index (χ4v) is 9.88. The van der Waals surface area contributed by atoms with Gasteiger partial charge >= 0.3 is 11.7 Å². The van der Waals surface area contributed by atoms with Crippen molar-refractivity contribution in [3.05, 3.63) is 124 Å². The molecule has 4 aromatic rings. The molecule has 3 amide bonds. The number of hydrogen-bond acceptors (Lipinski definition) is 11. The summed E-state index contributed by atoms with van der Waals surface area (Å²) in [6, 6.07) is 29.2. The van der Waals surface area contributed by atoms with E-state index in [1.807, 2.05) is 96.7 Å². The molecule has 0 unspecified atom stereocenters. The Bertz CT molecular complexity index is 2020. The second-order valence-electron chi connectivity index (χ2n) is 15.6. The number of carbonyl (C=O) groups is 2. The van der Waals surface area contributed by atoms with E-state index in [1.54, 1.807) is 13.2 Å². The van der Waals surface area contributed by atoms with Gasteiger partial charge in [0.2, 0.25) is 5.91 Å². The third kappa shape index (κ3) is 10.1. The summed E-state index contributed by atoms with van der Waals surface area (Å²) < 4.78 is 19.6. The van der Waals surface area contributed by atoms with Gasteiger partial charge in [-0.25, -0.2) is 9.59 Å². The lowest BCUT2D eigenvalue weighted by atomic mass is 9.80. The molecule has 4 heterocycles. The molecule has 7 atom stereocenters. The smallest absolute Gasteiger partial charge is 0.351 e. The molecule has 3 aliphatic rings. The van der Waals surface area contributed by atoms with Crippen LogP contribution in [0.1, 0.15) is 74.3 Å². The molecule has 0 aliphatic carbocycles. The number of amides is 3. The lowest BCUT2D eigenvalue weighted by molar-refractivity contribution is -0.121. The minimum absolute atomic E-state index is 0.0692. The highest BCUT2D eigenvalue weighted by Gasteiger charge is 2.47. The van der Waals surface area contributed by atoms with Crippen LogP contribution in [0.4, 0.5) is 10.6 Å². The van der Waals surface area contributed by atoms with Crippen LogP contribution in [0.15, 0.2) is 102 Å². The van der Waals surface area contributed by atoms with Crippen molar-refractivity contribution in [3.63, 3.8) is 0 Å². The molecule has 1 aromatic heterocycles. The van der Waals surface area contributed by atoms with E-state index in [9.17, 15) is 24.6 Å². The summed E-state index contributed by atoms with van der Waals surface area (Å²) in [5.74, 6) is 2.13. The maximum atomic E-state index is 13.2. The summed E-state index contributed by atoms with van der Waals surface area (Å²) in [6.45, 7) is 1.15. The molecular weight excluding hydrogens is 785 g/mol. The summed E-state index contributed by atoms with van der Waals surface area (Å²) in [5.41, 5.74) is 0.801. The average molecular weight is 841 g/mol. The molecule has 60 heavy (non-hydrogen) atoms. The predicted octanol–water partition coefficient (Wildman–Crippen LogP) is 4.69. The number of aromatic nitrogens is 2. The van der Waals surface area contributed by atoms with Crippen molar-refractivity contribution < 1.29 is 34.0 Å². The summed E-state index contributed by atoms with van der Waals surface area (Å²) in [4.78, 5) is 41.2. The van der Waals surface area contributed by atoms with Gasteiger partial charge in [-0.15, -0.1) is 0 Å². The molecule has 320 valence electrons. The van der Waals surface area contributed by atoms with Gasteiger partial charge in [-0.2, -0.15) is 16.7 Å². The van der Waals surface area contributed by atoms with E-state index < -0.39 is 35.8 Å². The monoisotopic (exact) mass is 840 g/mol. The van der Waals surface area contributed by atoms with Gasteiger partial charge in [0.25, 0.3) is 0 Å². The van der Waals surface area contributed by atoms with Crippen LogP contribution in [0.3, 0.4) is 0 Å². The van der Waals surface area contributed by atoms with Crippen molar-refractivity contribution in [3.8, 4) is 5.75 Å². The van der Waals surface area contributed by atoms with Gasteiger partial charge < -0.3 is 45.7 Å². The van der Waals surface area contributed by atoms with Crippen molar-refractivity contribution >= 4 is 29.5 Å². The van der Waals surface area contributed by atoms with E-state index in [4.69, 9.17) is 14.2 Å². The molecule has 0 radical (unpaired) electrons. The maximum absolute atomic E-state index is 13.2. The first-order valence-electron chi connectivity index (χ1n) is 21.0. The van der Waals surface area contributed by atoms with Crippen LogP contribution in [0.25, 0.3) is 0 Å². The first-order chi connectivity index (χ1) is 29.3. The van der Waals surface area contributed by atoms with Gasteiger partial charge in [0.05, 0.1) is 25.8 Å². The lowest BCUT2D eigenvalue weighted by Crippen LogP contribution is -2.39. The number of carbonyl (C=O) groups excluding carboxylic acids is 2. The number of rotatable bonds is 21. The number of fused-ring (bicyclic) bond motifs is 1. The van der Waals surface area contributed by atoms with Crippen LogP contribution in [0.5, 0.6) is 5.75 Å². The van der Waals surface area contributed by atoms with Crippen molar-refractivity contribution in [2.24, 2.45) is 0 Å². The number of urea groups is 1. The quantitative estimate of drug-likeness (QED) is 0.0389. The van der Waals surface area contributed by atoms with E-state index >= 15 is 0 Å². The second kappa shape index (κ2) is 20.6. The Balaban J connectivity index is 0.852. The Morgan fingerprint density at radius 1 is 0.867 bits per heavy atom. The Morgan fingerprint density at radius 3 is 2.23 bits per heavy atom. The number of nitrogens with one attached hydrogen (secondary N) is 4. The fourth-order valence-electron chi connectivity index (χ4n) is 8.34. The molecule has 14 nitrogen and oxygen atoms in total. The van der Waals surface area contributed by atoms with Gasteiger partial charge in [0, 0.05) is 36.7 Å². The largest absolute Gasteiger partial charge is 0.497 e. The minimum atomic E-state index is -1.41. The number of aliphatic hydroxyl groups excluding tert-OH is 2. The molecule has 6 N–H and O–H groups in total. The molecular formula is C45H56N6O8S. The van der Waals surface area contributed by atoms with Crippen LogP contribution >= 0.6 is 11.8 Å². The number of nitrogens with zero attached hydrogens (tertiary/aromatic N) is 2. The highest BCUT2D eigenvalue weighted by atomic mass is 32.2. The zero-order valence-electron chi connectivity index (χ0n) is 33.9. The van der Waals surface area contributed by atoms with E-state index in [0.29, 0.717) is 36.3 Å². The van der Waals surface area contributed by atoms with Crippen LogP contribution in [0, 0.1) is 0 Å². The molecule has 0 saturated carbocycles. The van der Waals surface area contributed by atoms with Crippen molar-refractivity contribution in [1.82, 2.24) is 25.5 Å². The molecule has 3 aromatic carbocycles. The number of unbranched alkanes of at least 4 members (excludes halogenated alkanes) is 4. The number of aliphatic hydroxyl groups is 2. The molecule has 3 aliphatic heterocycles. The second-order valence-corrected chi connectivity index (χ2v) is 16.8. The van der Waals surface area contributed by atoms with Gasteiger partial charge in [-0.05, 0) is 60.6 Å². The summed E-state index contributed by atoms with van der Waals surface area (Å²) in [7, 11) is 1.61. The Kier molecular flexibility index (Phi) is 14.8. The summed E-state index contributed by atoms with van der Waals surface area (Å²) >= 11 is 1.90. The van der Waals surface area contributed by atoms with Crippen LogP contribution in [0.2, 0.25) is 0 Å². The van der Waals surface area contributed by atoms with Crippen LogP contribution in [-0.4, -0.2) is 99.9 Å². The number of ether oxygens (including phenoxy) is 3. The van der Waals surface area contributed by atoms with Crippen molar-refractivity contribution in [1.29, 1.82) is 0 Å². The standard InChI is InChI=1S/C45H56N6O8S/c1-57-33-22-20-32(21-23-33)45(30-14-6-4-7-15-30,31-16-8-5-9-17-31)58-28-35-40(53)41(54)42(59-35)51-27-24-37(49-44(51)56)46-25-12-2-3-13-26-47-38(52)19-11-10-18-36-39-34(29-60-36)48-43(55)50-39/h4-9,14-17,20-24,27,34-36,39-42,53-54H,2-3,10-13,18-19,25-26,28-29H2,1H3,(H,47,52)(H,46,49,56)(H2,48,50,55)/t34-,35+,36-,39-,40+,41+,42+/m0/s1. The number of hydrogen-bond donors (Lipinski definition) is 6. The normalized spacial score (nSPS) is 23.4. The third-order valence-electron chi connectivity index (χ3n) is 11.6. The zero-order valence-corrected chi connectivity index (χ0v) is 34.7. The van der Waals surface area contributed by atoms with Crippen LogP contribution in [-0.2, 0) is 19.9 Å². The number of thioether (sulfide) groups is 1. The van der Waals surface area contributed by atoms with Crippen molar-refractivity contribution in [2.75, 3.05) is 37.9 Å². The van der Waals surface area contributed by atoms with Gasteiger partial charge in [-0.3, -0.25) is 9.36 Å². The van der Waals surface area contributed by atoms with Gasteiger partial charge in [0.15, 0.2) is 6.23 Å². The average Bonchev–Trinajstić information content (AvgIpc) is 3.92. The maximum Gasteiger partial charge on any atom is 0.351 e. The molecule has 7 rings (SSSR count). The molecule has 0 bridgehead atoms. The number of benzene rings is 3. The summed E-state index contributed by atoms with van der Waals surface area (Å²) in [6.07, 6.45) is 3.60. The van der Waals surface area contributed by atoms with E-state index in [-0.39, 0.29) is 30.6 Å². The van der Waals surface area contributed by atoms with Gasteiger partial charge in [-0.1, -0.05) is 92.1 Å². The van der Waals surface area contributed by atoms with Crippen LogP contribution < -0.4 is 31.7 Å². The van der Waals surface area contributed by atoms with Gasteiger partial charge in [0.1, 0.15) is 35.5 Å². The Hall–Kier alpha value is -4.93. The highest BCUT2D eigenvalue weighted by molar-refractivity contribution is 8.00. The van der Waals surface area contributed by atoms with E-state index in [2.05, 4.69) is 26.3 Å². The zero-order chi connectivity index (χ0) is 41.9. The molecule has 0 spiro atoms. The fraction of sp³-hybridized carbons (Fsp3) is 0.467. The minimum Gasteiger partial charge on any atom is -0.497 e. The summed E-state index contributed by atoms with van der Waals surface area (Å²) in [5, 5.41) is 35.0. The van der Waals surface area contributed by atoms with E-state index in [1.165, 1.54) is 10.8 Å². The number of anilines is 1. The number of methoxy groups -OCH3 is 1. The Morgan fingerprint density at radius 2 is 1.55 bits per heavy atom. The van der Waals surface area contributed by atoms with Crippen molar-refractivity contribution in [2.45, 2.75) is 98.8 Å². The van der Waals surface area contributed by atoms with E-state index in [0.717, 1.165) is 67.4 Å². The predicted molar refractivity (Wildman–Crippen MR) is 230 cm³/mol. The lowest BCUT2D eigenvalue weighted by Gasteiger charge is -2.37. The first-order valence-corrected chi connectivity index (χ1v) is 22.0. The topological polar surface area (TPSA) is 185 Å².